The number of hydrogen-bond donors (Lipinski definition) is 3. The van der Waals surface area contributed by atoms with Gasteiger partial charge < -0.3 is 20.9 Å². The molecule has 124 valence electrons. The van der Waals surface area contributed by atoms with Gasteiger partial charge in [-0.3, -0.25) is 4.79 Å². The predicted octanol–water partition coefficient (Wildman–Crippen LogP) is 3.54. The molecule has 3 rings (SSSR count). The standard InChI is InChI=1S/C17H17ClN4O2/c1-22(2)15-6-3-11(18)9-14(15)21-17(24)19-12-4-5-13-10(7-12)8-16(23)20-13/h3-7,9H,8H2,1-2H3,(H,20,23)(H2,19,21,24). The maximum absolute atomic E-state index is 12.3. The number of amides is 3. The predicted molar refractivity (Wildman–Crippen MR) is 97.2 cm³/mol. The highest BCUT2D eigenvalue weighted by molar-refractivity contribution is 6.31. The number of fused-ring (bicyclic) bond motifs is 1. The molecule has 2 aromatic carbocycles. The van der Waals surface area contributed by atoms with Gasteiger partial charge in [0.2, 0.25) is 5.91 Å². The molecular weight excluding hydrogens is 328 g/mol. The number of anilines is 4. The van der Waals surface area contributed by atoms with Crippen LogP contribution in [0, 0.1) is 0 Å². The van der Waals surface area contributed by atoms with Gasteiger partial charge in [-0.05, 0) is 42.0 Å². The van der Waals surface area contributed by atoms with Gasteiger partial charge in [0.25, 0.3) is 0 Å². The summed E-state index contributed by atoms with van der Waals surface area (Å²) < 4.78 is 0. The van der Waals surface area contributed by atoms with Crippen molar-refractivity contribution in [3.63, 3.8) is 0 Å². The first-order valence-electron chi connectivity index (χ1n) is 7.40. The zero-order chi connectivity index (χ0) is 17.3. The summed E-state index contributed by atoms with van der Waals surface area (Å²) in [4.78, 5) is 25.5. The minimum absolute atomic E-state index is 0.0406. The monoisotopic (exact) mass is 344 g/mol. The molecule has 0 aliphatic carbocycles. The summed E-state index contributed by atoms with van der Waals surface area (Å²) in [7, 11) is 3.77. The van der Waals surface area contributed by atoms with Crippen LogP contribution in [0.15, 0.2) is 36.4 Å². The lowest BCUT2D eigenvalue weighted by atomic mass is 10.1. The summed E-state index contributed by atoms with van der Waals surface area (Å²) in [6.07, 6.45) is 0.325. The van der Waals surface area contributed by atoms with E-state index >= 15 is 0 Å². The molecule has 0 unspecified atom stereocenters. The van der Waals surface area contributed by atoms with E-state index in [0.29, 0.717) is 22.8 Å². The molecule has 0 spiro atoms. The van der Waals surface area contributed by atoms with Crippen LogP contribution in [0.1, 0.15) is 5.56 Å². The second kappa shape index (κ2) is 6.41. The molecule has 2 aromatic rings. The zero-order valence-electron chi connectivity index (χ0n) is 13.3. The Kier molecular flexibility index (Phi) is 4.31. The zero-order valence-corrected chi connectivity index (χ0v) is 14.1. The van der Waals surface area contributed by atoms with Gasteiger partial charge >= 0.3 is 6.03 Å². The number of carbonyl (C=O) groups excluding carboxylic acids is 2. The fourth-order valence-corrected chi connectivity index (χ4v) is 2.76. The van der Waals surface area contributed by atoms with Crippen molar-refractivity contribution in [3.05, 3.63) is 47.0 Å². The van der Waals surface area contributed by atoms with Crippen molar-refractivity contribution in [1.29, 1.82) is 0 Å². The van der Waals surface area contributed by atoms with Crippen molar-refractivity contribution in [3.8, 4) is 0 Å². The van der Waals surface area contributed by atoms with Gasteiger partial charge in [-0.1, -0.05) is 11.6 Å². The highest BCUT2D eigenvalue weighted by Gasteiger charge is 2.18. The van der Waals surface area contributed by atoms with E-state index in [9.17, 15) is 9.59 Å². The van der Waals surface area contributed by atoms with E-state index < -0.39 is 0 Å². The van der Waals surface area contributed by atoms with Gasteiger partial charge in [-0.25, -0.2) is 4.79 Å². The van der Waals surface area contributed by atoms with E-state index in [1.54, 1.807) is 30.3 Å². The molecule has 0 saturated heterocycles. The van der Waals surface area contributed by atoms with E-state index in [2.05, 4.69) is 16.0 Å². The van der Waals surface area contributed by atoms with E-state index in [4.69, 9.17) is 11.6 Å². The Labute approximate surface area is 144 Å². The van der Waals surface area contributed by atoms with Crippen LogP contribution in [0.2, 0.25) is 5.02 Å². The smallest absolute Gasteiger partial charge is 0.323 e. The SMILES string of the molecule is CN(C)c1ccc(Cl)cc1NC(=O)Nc1ccc2c(c1)CC(=O)N2. The van der Waals surface area contributed by atoms with Crippen LogP contribution < -0.4 is 20.9 Å². The van der Waals surface area contributed by atoms with Crippen molar-refractivity contribution in [1.82, 2.24) is 0 Å². The van der Waals surface area contributed by atoms with Crippen LogP contribution in [0.25, 0.3) is 0 Å². The summed E-state index contributed by atoms with van der Waals surface area (Å²) in [6.45, 7) is 0. The Morgan fingerprint density at radius 2 is 1.96 bits per heavy atom. The molecular formula is C17H17ClN4O2. The van der Waals surface area contributed by atoms with Gasteiger partial charge in [-0.2, -0.15) is 0 Å². The average Bonchev–Trinajstić information content (AvgIpc) is 2.86. The van der Waals surface area contributed by atoms with Crippen molar-refractivity contribution < 1.29 is 9.59 Å². The summed E-state index contributed by atoms with van der Waals surface area (Å²) in [5, 5.41) is 8.87. The number of nitrogens with zero attached hydrogens (tertiary/aromatic N) is 1. The molecule has 1 heterocycles. The minimum Gasteiger partial charge on any atom is -0.376 e. The van der Waals surface area contributed by atoms with Gasteiger partial charge in [0, 0.05) is 30.5 Å². The minimum atomic E-state index is -0.377. The number of halogens is 1. The number of rotatable bonds is 3. The molecule has 6 nitrogen and oxygen atoms in total. The lowest BCUT2D eigenvalue weighted by molar-refractivity contribution is -0.115. The number of benzene rings is 2. The van der Waals surface area contributed by atoms with Gasteiger partial charge in [0.05, 0.1) is 17.8 Å². The molecule has 0 aromatic heterocycles. The van der Waals surface area contributed by atoms with Crippen LogP contribution >= 0.6 is 11.6 Å². The Morgan fingerprint density at radius 1 is 1.17 bits per heavy atom. The van der Waals surface area contributed by atoms with E-state index in [0.717, 1.165) is 16.9 Å². The molecule has 1 aliphatic heterocycles. The number of carbonyl (C=O) groups is 2. The number of hydrogen-bond acceptors (Lipinski definition) is 3. The van der Waals surface area contributed by atoms with Crippen LogP contribution in [0.3, 0.4) is 0 Å². The first-order chi connectivity index (χ1) is 11.4. The second-order valence-electron chi connectivity index (χ2n) is 5.73. The lowest BCUT2D eigenvalue weighted by Gasteiger charge is -2.18. The molecule has 0 fully saturated rings. The van der Waals surface area contributed by atoms with Crippen molar-refractivity contribution in [2.75, 3.05) is 34.9 Å². The molecule has 7 heteroatoms. The molecule has 3 N–H and O–H groups in total. The van der Waals surface area contributed by atoms with Crippen LogP contribution in [-0.2, 0) is 11.2 Å². The molecule has 0 saturated carbocycles. The third kappa shape index (κ3) is 3.44. The third-order valence-electron chi connectivity index (χ3n) is 3.68. The summed E-state index contributed by atoms with van der Waals surface area (Å²) in [6, 6.07) is 10.2. The maximum atomic E-state index is 12.3. The highest BCUT2D eigenvalue weighted by Crippen LogP contribution is 2.29. The topological polar surface area (TPSA) is 73.5 Å². The number of urea groups is 1. The Hall–Kier alpha value is -2.73. The summed E-state index contributed by atoms with van der Waals surface area (Å²) in [5.41, 5.74) is 3.74. The Bertz CT molecular complexity index is 820. The molecule has 24 heavy (non-hydrogen) atoms. The van der Waals surface area contributed by atoms with Crippen LogP contribution in [0.4, 0.5) is 27.5 Å². The van der Waals surface area contributed by atoms with E-state index in [-0.39, 0.29) is 11.9 Å². The summed E-state index contributed by atoms with van der Waals surface area (Å²) >= 11 is 6.01. The third-order valence-corrected chi connectivity index (χ3v) is 3.91. The Morgan fingerprint density at radius 3 is 2.71 bits per heavy atom. The second-order valence-corrected chi connectivity index (χ2v) is 6.17. The normalized spacial score (nSPS) is 12.4. The first-order valence-corrected chi connectivity index (χ1v) is 7.78. The highest BCUT2D eigenvalue weighted by atomic mass is 35.5. The number of nitrogens with one attached hydrogen (secondary N) is 3. The van der Waals surface area contributed by atoms with Gasteiger partial charge in [0.15, 0.2) is 0 Å². The van der Waals surface area contributed by atoms with Crippen molar-refractivity contribution in [2.24, 2.45) is 0 Å². The molecule has 0 atom stereocenters. The largest absolute Gasteiger partial charge is 0.376 e. The summed E-state index contributed by atoms with van der Waals surface area (Å²) in [5.74, 6) is -0.0406. The van der Waals surface area contributed by atoms with E-state index in [1.807, 2.05) is 25.1 Å². The average molecular weight is 345 g/mol. The Balaban J connectivity index is 1.74. The fourth-order valence-electron chi connectivity index (χ4n) is 2.59. The van der Waals surface area contributed by atoms with Gasteiger partial charge in [0.1, 0.15) is 0 Å². The molecule has 0 radical (unpaired) electrons. The molecule has 0 bridgehead atoms. The quantitative estimate of drug-likeness (QED) is 0.797. The molecule has 1 aliphatic rings. The van der Waals surface area contributed by atoms with Crippen molar-refractivity contribution >= 4 is 46.3 Å². The maximum Gasteiger partial charge on any atom is 0.323 e. The van der Waals surface area contributed by atoms with Crippen LogP contribution in [0.5, 0.6) is 0 Å². The van der Waals surface area contributed by atoms with Gasteiger partial charge in [-0.15, -0.1) is 0 Å². The van der Waals surface area contributed by atoms with E-state index in [1.165, 1.54) is 0 Å². The van der Waals surface area contributed by atoms with Crippen molar-refractivity contribution in [2.45, 2.75) is 6.42 Å². The lowest BCUT2D eigenvalue weighted by Crippen LogP contribution is -2.21. The first kappa shape index (κ1) is 16.1. The molecule has 3 amide bonds. The van der Waals surface area contributed by atoms with Crippen LogP contribution in [-0.4, -0.2) is 26.0 Å². The fraction of sp³-hybridized carbons (Fsp3) is 0.176.